The molecular weight excluding hydrogens is 318 g/mol. The number of rotatable bonds is 5. The smallest absolute Gasteiger partial charge is 0.260 e. The Labute approximate surface area is 116 Å². The van der Waals surface area contributed by atoms with Crippen LogP contribution in [0, 0.1) is 11.8 Å². The third-order valence-corrected chi connectivity index (χ3v) is 4.22. The first kappa shape index (κ1) is 14.0. The molecule has 0 radical (unpaired) electrons. The van der Waals surface area contributed by atoms with Crippen molar-refractivity contribution in [1.82, 2.24) is 4.98 Å². The van der Waals surface area contributed by atoms with Crippen molar-refractivity contribution in [2.45, 2.75) is 25.9 Å². The molecule has 1 fully saturated rings. The number of aromatic nitrogens is 1. The minimum absolute atomic E-state index is 0.469. The zero-order valence-electron chi connectivity index (χ0n) is 10.3. The van der Waals surface area contributed by atoms with Gasteiger partial charge in [-0.1, -0.05) is 6.92 Å². The van der Waals surface area contributed by atoms with Crippen LogP contribution < -0.4 is 0 Å². The molecule has 4 nitrogen and oxygen atoms in total. The van der Waals surface area contributed by atoms with Crippen LogP contribution in [0.2, 0.25) is 0 Å². The molecule has 0 aliphatic heterocycles. The van der Waals surface area contributed by atoms with Gasteiger partial charge in [0.05, 0.1) is 11.9 Å². The molecule has 1 aromatic heterocycles. The maximum Gasteiger partial charge on any atom is 0.265 e. The van der Waals surface area contributed by atoms with Crippen molar-refractivity contribution in [3.63, 3.8) is 0 Å². The topological polar surface area (TPSA) is 56.3 Å². The Balaban J connectivity index is 2.15. The number of pyridine rings is 1. The number of hydrogen-bond acceptors (Lipinski definition) is 4. The number of nitrogens with zero attached hydrogens (tertiary/aromatic N) is 1. The van der Waals surface area contributed by atoms with Gasteiger partial charge in [0.25, 0.3) is 10.1 Å². The lowest BCUT2D eigenvalue weighted by Gasteiger charge is -2.15. The van der Waals surface area contributed by atoms with E-state index >= 15 is 0 Å². The maximum atomic E-state index is 11.3. The number of hydrogen-bond donors (Lipinski definition) is 0. The zero-order valence-corrected chi connectivity index (χ0v) is 12.7. The van der Waals surface area contributed by atoms with Crippen molar-refractivity contribution in [3.8, 4) is 0 Å². The largest absolute Gasteiger partial charge is 0.265 e. The molecule has 0 saturated heterocycles. The van der Waals surface area contributed by atoms with Gasteiger partial charge in [0.15, 0.2) is 0 Å². The monoisotopic (exact) mass is 333 g/mol. The minimum atomic E-state index is -3.47. The fourth-order valence-corrected chi connectivity index (χ4v) is 2.83. The highest BCUT2D eigenvalue weighted by Crippen LogP contribution is 2.44. The predicted molar refractivity (Wildman–Crippen MR) is 72.5 cm³/mol. The van der Waals surface area contributed by atoms with Gasteiger partial charge in [-0.25, -0.2) is 0 Å². The molecule has 2 rings (SSSR count). The van der Waals surface area contributed by atoms with Crippen LogP contribution in [0.5, 0.6) is 0 Å². The third-order valence-electron chi connectivity index (χ3n) is 3.16. The molecule has 0 bridgehead atoms. The lowest BCUT2D eigenvalue weighted by Crippen LogP contribution is -2.12. The van der Waals surface area contributed by atoms with Crippen LogP contribution in [0.1, 0.15) is 31.6 Å². The minimum Gasteiger partial charge on any atom is -0.260 e. The Morgan fingerprint density at radius 1 is 1.56 bits per heavy atom. The molecule has 3 unspecified atom stereocenters. The fourth-order valence-electron chi connectivity index (χ4n) is 2.00. The van der Waals surface area contributed by atoms with Crippen LogP contribution in [0.15, 0.2) is 22.8 Å². The van der Waals surface area contributed by atoms with Crippen molar-refractivity contribution in [3.05, 3.63) is 28.5 Å². The van der Waals surface area contributed by atoms with Crippen molar-refractivity contribution >= 4 is 26.0 Å². The highest BCUT2D eigenvalue weighted by atomic mass is 79.9. The van der Waals surface area contributed by atoms with E-state index in [1.807, 2.05) is 6.07 Å². The van der Waals surface area contributed by atoms with Crippen molar-refractivity contribution in [1.29, 1.82) is 0 Å². The molecule has 1 aromatic rings. The quantitative estimate of drug-likeness (QED) is 0.777. The Bertz CT molecular complexity index is 515. The Hall–Kier alpha value is -0.460. The van der Waals surface area contributed by atoms with Crippen molar-refractivity contribution in [2.24, 2.45) is 11.8 Å². The zero-order chi connectivity index (χ0) is 13.3. The Morgan fingerprint density at radius 2 is 2.22 bits per heavy atom. The van der Waals surface area contributed by atoms with Gasteiger partial charge in [-0.05, 0) is 52.7 Å². The third kappa shape index (κ3) is 4.03. The van der Waals surface area contributed by atoms with E-state index in [9.17, 15) is 8.42 Å². The van der Waals surface area contributed by atoms with E-state index in [2.05, 4.69) is 27.8 Å². The van der Waals surface area contributed by atoms with E-state index in [0.717, 1.165) is 17.1 Å². The summed E-state index contributed by atoms with van der Waals surface area (Å²) in [5.41, 5.74) is 0.669. The summed E-state index contributed by atoms with van der Waals surface area (Å²) < 4.78 is 28.6. The van der Waals surface area contributed by atoms with E-state index in [1.54, 1.807) is 12.3 Å². The fraction of sp³-hybridized carbons (Fsp3) is 0.583. The molecule has 1 saturated carbocycles. The molecule has 6 heteroatoms. The highest BCUT2D eigenvalue weighted by molar-refractivity contribution is 9.10. The van der Waals surface area contributed by atoms with Crippen LogP contribution in [0.25, 0.3) is 0 Å². The molecule has 0 amide bonds. The van der Waals surface area contributed by atoms with E-state index < -0.39 is 16.2 Å². The summed E-state index contributed by atoms with van der Waals surface area (Å²) in [6, 6.07) is 3.64. The maximum absolute atomic E-state index is 11.3. The van der Waals surface area contributed by atoms with Crippen LogP contribution in [0.4, 0.5) is 0 Å². The molecule has 0 N–H and O–H groups in total. The molecule has 0 spiro atoms. The molecule has 3 atom stereocenters. The van der Waals surface area contributed by atoms with Gasteiger partial charge in [-0.15, -0.1) is 0 Å². The van der Waals surface area contributed by atoms with E-state index in [-0.39, 0.29) is 0 Å². The lowest BCUT2D eigenvalue weighted by molar-refractivity contribution is 0.190. The normalized spacial score (nSPS) is 24.8. The van der Waals surface area contributed by atoms with Gasteiger partial charge in [-0.3, -0.25) is 9.17 Å². The molecule has 1 aliphatic rings. The van der Waals surface area contributed by atoms with Gasteiger partial charge >= 0.3 is 0 Å². The van der Waals surface area contributed by atoms with Gasteiger partial charge in [0.2, 0.25) is 0 Å². The van der Waals surface area contributed by atoms with Gasteiger partial charge < -0.3 is 0 Å². The van der Waals surface area contributed by atoms with Crippen molar-refractivity contribution < 1.29 is 12.6 Å². The second-order valence-corrected chi connectivity index (χ2v) is 7.42. The SMILES string of the molecule is CC1CC1CC(OS(C)(=O)=O)c1ccc(Br)cn1. The number of halogens is 1. The summed E-state index contributed by atoms with van der Waals surface area (Å²) in [7, 11) is -3.47. The molecule has 18 heavy (non-hydrogen) atoms. The van der Waals surface area contributed by atoms with Gasteiger partial charge in [0.1, 0.15) is 6.10 Å². The molecule has 100 valence electrons. The highest BCUT2D eigenvalue weighted by Gasteiger charge is 2.36. The molecular formula is C12H16BrNO3S. The first-order chi connectivity index (χ1) is 8.35. The van der Waals surface area contributed by atoms with E-state index in [1.165, 1.54) is 0 Å². The molecule has 1 aliphatic carbocycles. The predicted octanol–water partition coefficient (Wildman–Crippen LogP) is 2.91. The first-order valence-corrected chi connectivity index (χ1v) is 8.46. The Morgan fingerprint density at radius 3 is 2.67 bits per heavy atom. The average Bonchev–Trinajstić information content (AvgIpc) is 2.92. The van der Waals surface area contributed by atoms with E-state index in [4.69, 9.17) is 4.18 Å². The summed E-state index contributed by atoms with van der Waals surface area (Å²) in [4.78, 5) is 4.23. The molecule has 1 heterocycles. The summed E-state index contributed by atoms with van der Waals surface area (Å²) in [5, 5.41) is 0. The summed E-state index contributed by atoms with van der Waals surface area (Å²) in [6.45, 7) is 2.16. The summed E-state index contributed by atoms with van der Waals surface area (Å²) in [6.07, 6.45) is 4.12. The van der Waals surface area contributed by atoms with Crippen molar-refractivity contribution in [2.75, 3.05) is 6.26 Å². The van der Waals surface area contributed by atoms with Crippen LogP contribution >= 0.6 is 15.9 Å². The van der Waals surface area contributed by atoms with Gasteiger partial charge in [-0.2, -0.15) is 8.42 Å². The Kier molecular flexibility index (Phi) is 4.08. The second-order valence-electron chi connectivity index (χ2n) is 4.90. The first-order valence-electron chi connectivity index (χ1n) is 5.85. The molecule has 0 aromatic carbocycles. The lowest BCUT2D eigenvalue weighted by atomic mass is 10.1. The van der Waals surface area contributed by atoms with Crippen LogP contribution in [-0.4, -0.2) is 19.7 Å². The van der Waals surface area contributed by atoms with E-state index in [0.29, 0.717) is 24.0 Å². The summed E-state index contributed by atoms with van der Waals surface area (Å²) >= 11 is 3.31. The van der Waals surface area contributed by atoms with Crippen LogP contribution in [0.3, 0.4) is 0 Å². The van der Waals surface area contributed by atoms with Crippen LogP contribution in [-0.2, 0) is 14.3 Å². The average molecular weight is 334 g/mol. The standard InChI is InChI=1S/C12H16BrNO3S/c1-8-5-9(8)6-12(17-18(2,15)16)11-4-3-10(13)7-14-11/h3-4,7-9,12H,5-6H2,1-2H3. The second kappa shape index (κ2) is 5.27. The summed E-state index contributed by atoms with van der Waals surface area (Å²) in [5.74, 6) is 1.20. The van der Waals surface area contributed by atoms with Gasteiger partial charge in [0, 0.05) is 10.7 Å².